The highest BCUT2D eigenvalue weighted by molar-refractivity contribution is 7.99. The second-order valence-corrected chi connectivity index (χ2v) is 7.16. The molecular weight excluding hydrogens is 325 g/mol. The van der Waals surface area contributed by atoms with Crippen molar-refractivity contribution in [2.45, 2.75) is 16.5 Å². The van der Waals surface area contributed by atoms with E-state index in [4.69, 9.17) is 10.8 Å². The summed E-state index contributed by atoms with van der Waals surface area (Å²) in [5.74, 6) is -5.62. The fourth-order valence-electron chi connectivity index (χ4n) is 3.75. The summed E-state index contributed by atoms with van der Waals surface area (Å²) >= 11 is 1.26. The maximum Gasteiger partial charge on any atom is 0.324 e. The second-order valence-electron chi connectivity index (χ2n) is 6.07. The van der Waals surface area contributed by atoms with Crippen LogP contribution >= 0.6 is 11.8 Å². The average Bonchev–Trinajstić information content (AvgIpc) is 3.20. The average molecular weight is 341 g/mol. The monoisotopic (exact) mass is 341 g/mol. The third kappa shape index (κ3) is 2.41. The number of aliphatic hydroxyl groups is 1. The topological polar surface area (TPSA) is 121 Å². The number of halogens is 1. The summed E-state index contributed by atoms with van der Waals surface area (Å²) in [7, 11) is 0. The molecule has 3 rings (SSSR count). The van der Waals surface area contributed by atoms with E-state index in [-0.39, 0.29) is 11.6 Å². The number of nitrogens with two attached hydrogens (primary N) is 1. The largest absolute Gasteiger partial charge is 0.481 e. The van der Waals surface area contributed by atoms with Gasteiger partial charge in [0.25, 0.3) is 0 Å². The Kier molecular flexibility index (Phi) is 3.86. The summed E-state index contributed by atoms with van der Waals surface area (Å²) in [5.41, 5.74) is 4.28. The summed E-state index contributed by atoms with van der Waals surface area (Å²) in [6, 6.07) is 5.69. The van der Waals surface area contributed by atoms with E-state index in [9.17, 15) is 24.2 Å². The van der Waals surface area contributed by atoms with Gasteiger partial charge in [-0.15, -0.1) is 11.8 Å². The zero-order valence-electron chi connectivity index (χ0n) is 11.9. The Morgan fingerprint density at radius 3 is 2.39 bits per heavy atom. The minimum Gasteiger partial charge on any atom is -0.481 e. The van der Waals surface area contributed by atoms with Crippen molar-refractivity contribution in [3.05, 3.63) is 30.1 Å². The van der Waals surface area contributed by atoms with Gasteiger partial charge in [0.15, 0.2) is 0 Å². The van der Waals surface area contributed by atoms with Gasteiger partial charge >= 0.3 is 11.9 Å². The number of carboxylic acids is 2. The second kappa shape index (κ2) is 5.47. The molecule has 0 spiro atoms. The third-order valence-corrected chi connectivity index (χ3v) is 6.08. The van der Waals surface area contributed by atoms with Crippen molar-refractivity contribution in [2.24, 2.45) is 29.4 Å². The normalized spacial score (nSPS) is 38.1. The van der Waals surface area contributed by atoms with E-state index in [1.54, 1.807) is 12.1 Å². The molecule has 1 aromatic carbocycles. The van der Waals surface area contributed by atoms with E-state index >= 15 is 0 Å². The number of aliphatic hydroxyl groups excluding tert-OH is 1. The van der Waals surface area contributed by atoms with Crippen LogP contribution in [-0.4, -0.2) is 44.7 Å². The van der Waals surface area contributed by atoms with Crippen LogP contribution in [0.25, 0.3) is 0 Å². The Hall–Kier alpha value is -1.64. The molecule has 0 unspecified atom stereocenters. The van der Waals surface area contributed by atoms with Gasteiger partial charge in [-0.05, 0) is 24.3 Å². The first kappa shape index (κ1) is 16.2. The van der Waals surface area contributed by atoms with Crippen molar-refractivity contribution in [1.29, 1.82) is 0 Å². The molecule has 124 valence electrons. The molecule has 0 aliphatic heterocycles. The summed E-state index contributed by atoms with van der Waals surface area (Å²) in [5, 5.41) is 29.0. The van der Waals surface area contributed by atoms with Gasteiger partial charge in [0, 0.05) is 28.4 Å². The van der Waals surface area contributed by atoms with Crippen LogP contribution in [-0.2, 0) is 9.59 Å². The van der Waals surface area contributed by atoms with Crippen molar-refractivity contribution in [3.63, 3.8) is 0 Å². The van der Waals surface area contributed by atoms with Crippen LogP contribution in [0.5, 0.6) is 0 Å². The van der Waals surface area contributed by atoms with Crippen LogP contribution in [0.1, 0.15) is 0 Å². The molecule has 2 aliphatic carbocycles. The van der Waals surface area contributed by atoms with Crippen molar-refractivity contribution >= 4 is 23.7 Å². The predicted octanol–water partition coefficient (Wildman–Crippen LogP) is 0.637. The van der Waals surface area contributed by atoms with Gasteiger partial charge in [0.05, 0.1) is 12.0 Å². The lowest BCUT2D eigenvalue weighted by Gasteiger charge is -2.32. The Morgan fingerprint density at radius 2 is 1.87 bits per heavy atom. The summed E-state index contributed by atoms with van der Waals surface area (Å²) in [6.07, 6.45) is -1.07. The number of thioether (sulfide) groups is 1. The third-order valence-electron chi connectivity index (χ3n) is 4.95. The fourth-order valence-corrected chi connectivity index (χ4v) is 4.92. The number of fused-ring (bicyclic) bond motifs is 1. The molecule has 0 amide bonds. The standard InChI is InChI=1S/C15H16FNO5S/c16-6-1-3-7(4-2-6)23-5-8-12(18)9-10(13(19)20)11(9)15(8,17)14(21)22/h1-4,8-12,18H,5,17H2,(H,19,20)(H,21,22)/t8-,9+,10+,11+,12-,15+/m1/s1. The highest BCUT2D eigenvalue weighted by Gasteiger charge is 2.77. The molecular formula is C15H16FNO5S. The minimum atomic E-state index is -1.76. The maximum absolute atomic E-state index is 12.9. The highest BCUT2D eigenvalue weighted by Crippen LogP contribution is 2.64. The first-order valence-corrected chi connectivity index (χ1v) is 8.08. The molecule has 0 bridgehead atoms. The molecule has 8 heteroatoms. The van der Waals surface area contributed by atoms with Crippen LogP contribution in [0.3, 0.4) is 0 Å². The molecule has 0 aromatic heterocycles. The van der Waals surface area contributed by atoms with E-state index in [1.807, 2.05) is 0 Å². The molecule has 2 saturated carbocycles. The first-order valence-electron chi connectivity index (χ1n) is 7.10. The Balaban J connectivity index is 1.78. The SMILES string of the molecule is N[C@]1(C(=O)O)[C@@H]2[C@@H](C(=O)O)[C@@H]2[C@H](O)[C@H]1CSc1ccc(F)cc1. The smallest absolute Gasteiger partial charge is 0.324 e. The fraction of sp³-hybridized carbons (Fsp3) is 0.467. The zero-order valence-corrected chi connectivity index (χ0v) is 12.7. The molecule has 5 N–H and O–H groups in total. The number of carboxylic acid groups (broad SMARTS) is 2. The number of carbonyl (C=O) groups is 2. The van der Waals surface area contributed by atoms with Gasteiger partial charge < -0.3 is 21.1 Å². The Labute approximate surface area is 135 Å². The van der Waals surface area contributed by atoms with Gasteiger partial charge in [-0.3, -0.25) is 9.59 Å². The van der Waals surface area contributed by atoms with Crippen LogP contribution < -0.4 is 5.73 Å². The van der Waals surface area contributed by atoms with Crippen LogP contribution in [0.4, 0.5) is 4.39 Å². The van der Waals surface area contributed by atoms with Crippen molar-refractivity contribution in [1.82, 2.24) is 0 Å². The highest BCUT2D eigenvalue weighted by atomic mass is 32.2. The first-order chi connectivity index (χ1) is 10.8. The molecule has 0 radical (unpaired) electrons. The van der Waals surface area contributed by atoms with Crippen LogP contribution in [0.2, 0.25) is 0 Å². The predicted molar refractivity (Wildman–Crippen MR) is 79.3 cm³/mol. The van der Waals surface area contributed by atoms with Crippen LogP contribution in [0.15, 0.2) is 29.2 Å². The minimum absolute atomic E-state index is 0.217. The van der Waals surface area contributed by atoms with Gasteiger partial charge in [-0.2, -0.15) is 0 Å². The maximum atomic E-state index is 12.9. The summed E-state index contributed by atoms with van der Waals surface area (Å²) < 4.78 is 12.9. The molecule has 6 atom stereocenters. The molecule has 2 aliphatic rings. The van der Waals surface area contributed by atoms with E-state index in [0.29, 0.717) is 0 Å². The van der Waals surface area contributed by atoms with Gasteiger partial charge in [0.2, 0.25) is 0 Å². The van der Waals surface area contributed by atoms with Crippen LogP contribution in [0, 0.1) is 29.5 Å². The molecule has 0 saturated heterocycles. The van der Waals surface area contributed by atoms with Crippen molar-refractivity contribution in [2.75, 3.05) is 5.75 Å². The van der Waals surface area contributed by atoms with E-state index in [0.717, 1.165) is 4.90 Å². The number of rotatable bonds is 5. The lowest BCUT2D eigenvalue weighted by Crippen LogP contribution is -2.58. The van der Waals surface area contributed by atoms with Gasteiger partial charge in [0.1, 0.15) is 11.4 Å². The van der Waals surface area contributed by atoms with Crippen molar-refractivity contribution in [3.8, 4) is 0 Å². The van der Waals surface area contributed by atoms with Crippen molar-refractivity contribution < 1.29 is 29.3 Å². The van der Waals surface area contributed by atoms with E-state index in [2.05, 4.69) is 0 Å². The molecule has 1 aromatic rings. The number of hydrogen-bond donors (Lipinski definition) is 4. The van der Waals surface area contributed by atoms with E-state index < -0.39 is 47.3 Å². The Bertz CT molecular complexity index is 654. The molecule has 0 heterocycles. The number of benzene rings is 1. The number of aliphatic carboxylic acids is 2. The molecule has 23 heavy (non-hydrogen) atoms. The summed E-state index contributed by atoms with van der Waals surface area (Å²) in [6.45, 7) is 0. The lowest BCUT2D eigenvalue weighted by molar-refractivity contribution is -0.148. The Morgan fingerprint density at radius 1 is 1.26 bits per heavy atom. The van der Waals surface area contributed by atoms with Gasteiger partial charge in [-0.25, -0.2) is 4.39 Å². The number of hydrogen-bond acceptors (Lipinski definition) is 5. The molecule has 6 nitrogen and oxygen atoms in total. The lowest BCUT2D eigenvalue weighted by atomic mass is 9.81. The summed E-state index contributed by atoms with van der Waals surface area (Å²) in [4.78, 5) is 23.5. The zero-order chi connectivity index (χ0) is 16.9. The van der Waals surface area contributed by atoms with Gasteiger partial charge in [-0.1, -0.05) is 0 Å². The van der Waals surface area contributed by atoms with E-state index in [1.165, 1.54) is 23.9 Å². The quantitative estimate of drug-likeness (QED) is 0.580. The molecule has 2 fully saturated rings.